The molecule has 1 heterocycles. The van der Waals surface area contributed by atoms with E-state index in [0.717, 1.165) is 25.9 Å². The third-order valence-electron chi connectivity index (χ3n) is 3.26. The van der Waals surface area contributed by atoms with Gasteiger partial charge in [-0.05, 0) is 31.0 Å². The number of likely N-dealkylation sites (tertiary alicyclic amines) is 1. The zero-order valence-corrected chi connectivity index (χ0v) is 12.5. The Hall–Kier alpha value is -1.26. The van der Waals surface area contributed by atoms with Crippen molar-refractivity contribution in [1.29, 1.82) is 0 Å². The summed E-state index contributed by atoms with van der Waals surface area (Å²) in [5.41, 5.74) is 0.438. The van der Waals surface area contributed by atoms with Crippen LogP contribution in [0.4, 0.5) is 0 Å². The largest absolute Gasteiger partial charge is 0.352 e. The number of carbonyl (C=O) groups excluding carboxylic acids is 2. The lowest BCUT2D eigenvalue weighted by Gasteiger charge is -2.15. The van der Waals surface area contributed by atoms with Crippen molar-refractivity contribution in [1.82, 2.24) is 10.2 Å². The van der Waals surface area contributed by atoms with E-state index in [-0.39, 0.29) is 11.8 Å². The summed E-state index contributed by atoms with van der Waals surface area (Å²) in [5, 5.41) is 3.46. The van der Waals surface area contributed by atoms with Crippen LogP contribution in [-0.2, 0) is 4.79 Å². The molecule has 1 aromatic rings. The van der Waals surface area contributed by atoms with E-state index in [1.165, 1.54) is 6.07 Å². The molecule has 1 aromatic carbocycles. The van der Waals surface area contributed by atoms with Crippen molar-refractivity contribution < 1.29 is 9.59 Å². The van der Waals surface area contributed by atoms with Gasteiger partial charge in [0.2, 0.25) is 5.91 Å². The van der Waals surface area contributed by atoms with Gasteiger partial charge in [-0.3, -0.25) is 9.59 Å². The molecule has 1 aliphatic heterocycles. The predicted molar refractivity (Wildman–Crippen MR) is 79.2 cm³/mol. The molecule has 0 aromatic heterocycles. The van der Waals surface area contributed by atoms with Gasteiger partial charge >= 0.3 is 0 Å². The Labute approximate surface area is 128 Å². The number of hydrogen-bond acceptors (Lipinski definition) is 2. The maximum Gasteiger partial charge on any atom is 0.251 e. The van der Waals surface area contributed by atoms with Gasteiger partial charge in [0.15, 0.2) is 0 Å². The Bertz CT molecular complexity index is 514. The highest BCUT2D eigenvalue weighted by Gasteiger charge is 2.17. The minimum atomic E-state index is -0.252. The monoisotopic (exact) mass is 314 g/mol. The van der Waals surface area contributed by atoms with Crippen LogP contribution >= 0.6 is 23.2 Å². The zero-order chi connectivity index (χ0) is 14.5. The average Bonchev–Trinajstić information content (AvgIpc) is 2.95. The van der Waals surface area contributed by atoms with E-state index >= 15 is 0 Å². The second-order valence-corrected chi connectivity index (χ2v) is 5.54. The van der Waals surface area contributed by atoms with Crippen LogP contribution in [-0.4, -0.2) is 36.3 Å². The van der Waals surface area contributed by atoms with Crippen LogP contribution in [0.15, 0.2) is 18.2 Å². The summed E-state index contributed by atoms with van der Waals surface area (Å²) >= 11 is 11.6. The SMILES string of the molecule is O=C(NCCC(=O)N1CCCC1)c1ccc(Cl)c(Cl)c1. The summed E-state index contributed by atoms with van der Waals surface area (Å²) in [6.45, 7) is 1.99. The molecule has 1 aliphatic rings. The molecule has 20 heavy (non-hydrogen) atoms. The summed E-state index contributed by atoms with van der Waals surface area (Å²) in [7, 11) is 0. The highest BCUT2D eigenvalue weighted by atomic mass is 35.5. The van der Waals surface area contributed by atoms with Crippen molar-refractivity contribution >= 4 is 35.0 Å². The van der Waals surface area contributed by atoms with Gasteiger partial charge in [-0.25, -0.2) is 0 Å². The first-order chi connectivity index (χ1) is 9.58. The topological polar surface area (TPSA) is 49.4 Å². The van der Waals surface area contributed by atoms with E-state index in [4.69, 9.17) is 23.2 Å². The minimum absolute atomic E-state index is 0.0944. The molecule has 4 nitrogen and oxygen atoms in total. The zero-order valence-electron chi connectivity index (χ0n) is 11.0. The van der Waals surface area contributed by atoms with E-state index < -0.39 is 0 Å². The minimum Gasteiger partial charge on any atom is -0.352 e. The van der Waals surface area contributed by atoms with Gasteiger partial charge in [-0.2, -0.15) is 0 Å². The van der Waals surface area contributed by atoms with Crippen molar-refractivity contribution in [3.05, 3.63) is 33.8 Å². The number of rotatable bonds is 4. The second kappa shape index (κ2) is 6.95. The lowest BCUT2D eigenvalue weighted by atomic mass is 10.2. The quantitative estimate of drug-likeness (QED) is 0.929. The van der Waals surface area contributed by atoms with Crippen LogP contribution in [0.25, 0.3) is 0 Å². The highest BCUT2D eigenvalue weighted by Crippen LogP contribution is 2.22. The molecule has 0 atom stereocenters. The molecule has 1 N–H and O–H groups in total. The van der Waals surface area contributed by atoms with Crippen molar-refractivity contribution in [3.8, 4) is 0 Å². The van der Waals surface area contributed by atoms with Crippen LogP contribution in [0.5, 0.6) is 0 Å². The average molecular weight is 315 g/mol. The molecule has 0 radical (unpaired) electrons. The highest BCUT2D eigenvalue weighted by molar-refractivity contribution is 6.42. The Kier molecular flexibility index (Phi) is 5.26. The standard InChI is InChI=1S/C14H16Cl2N2O2/c15-11-4-3-10(9-12(11)16)14(20)17-6-5-13(19)18-7-1-2-8-18/h3-4,9H,1-2,5-8H2,(H,17,20). The first kappa shape index (κ1) is 15.1. The molecule has 2 amide bonds. The molecule has 1 fully saturated rings. The third-order valence-corrected chi connectivity index (χ3v) is 4.00. The maximum atomic E-state index is 11.9. The molecule has 108 valence electrons. The summed E-state index contributed by atoms with van der Waals surface area (Å²) in [6.07, 6.45) is 2.47. The van der Waals surface area contributed by atoms with E-state index in [1.807, 2.05) is 4.90 Å². The van der Waals surface area contributed by atoms with Crippen molar-refractivity contribution in [2.75, 3.05) is 19.6 Å². The number of carbonyl (C=O) groups is 2. The van der Waals surface area contributed by atoms with Gasteiger partial charge < -0.3 is 10.2 Å². The lowest BCUT2D eigenvalue weighted by Crippen LogP contribution is -2.32. The summed E-state index contributed by atoms with van der Waals surface area (Å²) in [6, 6.07) is 4.70. The number of amides is 2. The van der Waals surface area contributed by atoms with Gasteiger partial charge in [0.1, 0.15) is 0 Å². The molecule has 0 bridgehead atoms. The first-order valence-electron chi connectivity index (χ1n) is 6.59. The van der Waals surface area contributed by atoms with Crippen LogP contribution in [0, 0.1) is 0 Å². The summed E-state index contributed by atoms with van der Waals surface area (Å²) in [4.78, 5) is 25.5. The summed E-state index contributed by atoms with van der Waals surface area (Å²) in [5.74, 6) is -0.158. The Balaban J connectivity index is 1.79. The molecule has 2 rings (SSSR count). The number of nitrogens with one attached hydrogen (secondary N) is 1. The van der Waals surface area contributed by atoms with E-state index in [0.29, 0.717) is 28.6 Å². The van der Waals surface area contributed by atoms with Crippen LogP contribution < -0.4 is 5.32 Å². The number of nitrogens with zero attached hydrogens (tertiary/aromatic N) is 1. The van der Waals surface area contributed by atoms with E-state index in [2.05, 4.69) is 5.32 Å². The number of halogens is 2. The molecule has 0 unspecified atom stereocenters. The number of benzene rings is 1. The van der Waals surface area contributed by atoms with Crippen molar-refractivity contribution in [3.63, 3.8) is 0 Å². The normalized spacial score (nSPS) is 14.4. The third kappa shape index (κ3) is 3.87. The maximum absolute atomic E-state index is 11.9. The van der Waals surface area contributed by atoms with Gasteiger partial charge in [0.25, 0.3) is 5.91 Å². The van der Waals surface area contributed by atoms with Gasteiger partial charge in [0, 0.05) is 31.6 Å². The molecule has 0 spiro atoms. The Morgan fingerprint density at radius 1 is 1.15 bits per heavy atom. The predicted octanol–water partition coefficient (Wildman–Crippen LogP) is 2.74. The number of hydrogen-bond donors (Lipinski definition) is 1. The Morgan fingerprint density at radius 3 is 2.50 bits per heavy atom. The smallest absolute Gasteiger partial charge is 0.251 e. The van der Waals surface area contributed by atoms with Crippen molar-refractivity contribution in [2.24, 2.45) is 0 Å². The Morgan fingerprint density at radius 2 is 1.85 bits per heavy atom. The van der Waals surface area contributed by atoms with Crippen LogP contribution in [0.2, 0.25) is 10.0 Å². The lowest BCUT2D eigenvalue weighted by molar-refractivity contribution is -0.129. The van der Waals surface area contributed by atoms with Crippen LogP contribution in [0.3, 0.4) is 0 Å². The summed E-state index contributed by atoms with van der Waals surface area (Å²) < 4.78 is 0. The van der Waals surface area contributed by atoms with Crippen LogP contribution in [0.1, 0.15) is 29.6 Å². The molecule has 0 aliphatic carbocycles. The first-order valence-corrected chi connectivity index (χ1v) is 7.34. The fourth-order valence-electron chi connectivity index (χ4n) is 2.15. The van der Waals surface area contributed by atoms with Crippen molar-refractivity contribution in [2.45, 2.75) is 19.3 Å². The van der Waals surface area contributed by atoms with Gasteiger partial charge in [-0.15, -0.1) is 0 Å². The van der Waals surface area contributed by atoms with Gasteiger partial charge in [0.05, 0.1) is 10.0 Å². The molecule has 0 saturated carbocycles. The molecular weight excluding hydrogens is 299 g/mol. The molecular formula is C14H16Cl2N2O2. The van der Waals surface area contributed by atoms with Gasteiger partial charge in [-0.1, -0.05) is 23.2 Å². The van der Waals surface area contributed by atoms with E-state index in [1.54, 1.807) is 12.1 Å². The molecule has 6 heteroatoms. The fraction of sp³-hybridized carbons (Fsp3) is 0.429. The van der Waals surface area contributed by atoms with E-state index in [9.17, 15) is 9.59 Å². The fourth-order valence-corrected chi connectivity index (χ4v) is 2.45. The second-order valence-electron chi connectivity index (χ2n) is 4.72. The molecule has 1 saturated heterocycles.